The molecule has 0 radical (unpaired) electrons. The molecular weight excluding hydrogens is 329 g/mol. The minimum absolute atomic E-state index is 0.335. The van der Waals surface area contributed by atoms with Crippen LogP contribution < -0.4 is 5.73 Å². The number of nitrogens with two attached hydrogens (primary N) is 1. The Morgan fingerprint density at radius 1 is 0.957 bits per heavy atom. The Balaban J connectivity index is 2.23. The van der Waals surface area contributed by atoms with E-state index in [9.17, 15) is 0 Å². The molecule has 3 aromatic rings. The Morgan fingerprint density at radius 2 is 1.74 bits per heavy atom. The van der Waals surface area contributed by atoms with E-state index in [1.165, 1.54) is 0 Å². The zero-order valence-electron chi connectivity index (χ0n) is 12.1. The smallest absolute Gasteiger partial charge is 0.154 e. The molecule has 2 N–H and O–H groups in total. The van der Waals surface area contributed by atoms with Crippen molar-refractivity contribution in [3.63, 3.8) is 0 Å². The second kappa shape index (κ2) is 6.82. The number of aromatic nitrogens is 1. The fourth-order valence-corrected chi connectivity index (χ4v) is 2.52. The molecule has 1 aromatic heterocycles. The summed E-state index contributed by atoms with van der Waals surface area (Å²) in [4.78, 5) is 8.74. The van der Waals surface area contributed by atoms with Gasteiger partial charge in [0.1, 0.15) is 5.69 Å². The van der Waals surface area contributed by atoms with Crippen LogP contribution in [0.3, 0.4) is 0 Å². The number of nitrogen functional groups attached to an aromatic ring is 1. The Bertz CT molecular complexity index is 861. The molecule has 3 rings (SSSR count). The lowest BCUT2D eigenvalue weighted by atomic mass is 10.0. The van der Waals surface area contributed by atoms with Crippen LogP contribution in [0.1, 0.15) is 11.1 Å². The zero-order valence-corrected chi connectivity index (χ0v) is 13.6. The van der Waals surface area contributed by atoms with Gasteiger partial charge in [0.2, 0.25) is 0 Å². The third-order valence-corrected chi connectivity index (χ3v) is 3.82. The van der Waals surface area contributed by atoms with Crippen molar-refractivity contribution in [1.82, 2.24) is 4.98 Å². The average molecular weight is 342 g/mol. The van der Waals surface area contributed by atoms with E-state index in [2.05, 4.69) is 9.98 Å². The van der Waals surface area contributed by atoms with Crippen LogP contribution in [0.4, 0.5) is 11.4 Å². The van der Waals surface area contributed by atoms with Crippen molar-refractivity contribution >= 4 is 40.3 Å². The normalized spacial score (nSPS) is 11.5. The topological polar surface area (TPSA) is 51.3 Å². The molecule has 0 fully saturated rings. The maximum absolute atomic E-state index is 6.14. The highest BCUT2D eigenvalue weighted by Crippen LogP contribution is 2.27. The minimum Gasteiger partial charge on any atom is -0.398 e. The van der Waals surface area contributed by atoms with Crippen LogP contribution in [0, 0.1) is 0 Å². The number of halogens is 2. The number of anilines is 1. The molecule has 3 nitrogen and oxygen atoms in total. The minimum atomic E-state index is 0.335. The number of pyridine rings is 1. The van der Waals surface area contributed by atoms with Crippen molar-refractivity contribution in [2.75, 3.05) is 5.73 Å². The first kappa shape index (κ1) is 15.5. The van der Waals surface area contributed by atoms with Gasteiger partial charge in [-0.05, 0) is 30.3 Å². The van der Waals surface area contributed by atoms with E-state index in [4.69, 9.17) is 28.9 Å². The molecule has 0 aliphatic rings. The summed E-state index contributed by atoms with van der Waals surface area (Å²) in [6.45, 7) is 0. The SMILES string of the molecule is Nc1ccc(Cl)cc1C(=Nc1cccnc1Cl)c1ccccc1. The molecule has 0 spiro atoms. The molecule has 0 saturated carbocycles. The van der Waals surface area contributed by atoms with Gasteiger partial charge in [0.15, 0.2) is 5.15 Å². The van der Waals surface area contributed by atoms with Crippen LogP contribution >= 0.6 is 23.2 Å². The van der Waals surface area contributed by atoms with Gasteiger partial charge in [-0.15, -0.1) is 0 Å². The highest BCUT2D eigenvalue weighted by molar-refractivity contribution is 6.32. The fraction of sp³-hybridized carbons (Fsp3) is 0. The van der Waals surface area contributed by atoms with E-state index >= 15 is 0 Å². The van der Waals surface area contributed by atoms with Crippen molar-refractivity contribution < 1.29 is 0 Å². The van der Waals surface area contributed by atoms with E-state index in [-0.39, 0.29) is 0 Å². The Morgan fingerprint density at radius 3 is 2.48 bits per heavy atom. The van der Waals surface area contributed by atoms with Crippen LogP contribution in [-0.4, -0.2) is 10.7 Å². The van der Waals surface area contributed by atoms with E-state index < -0.39 is 0 Å². The van der Waals surface area contributed by atoms with E-state index in [0.29, 0.717) is 27.3 Å². The van der Waals surface area contributed by atoms with Crippen LogP contribution in [0.25, 0.3) is 0 Å². The van der Waals surface area contributed by atoms with Crippen molar-refractivity contribution in [1.29, 1.82) is 0 Å². The number of benzene rings is 2. The molecule has 0 aliphatic heterocycles. The molecule has 5 heteroatoms. The van der Waals surface area contributed by atoms with Crippen LogP contribution in [0.5, 0.6) is 0 Å². The first-order chi connectivity index (χ1) is 11.1. The largest absolute Gasteiger partial charge is 0.398 e. The standard InChI is InChI=1S/C18H13Cl2N3/c19-13-8-9-15(21)14(11-13)17(12-5-2-1-3-6-12)23-16-7-4-10-22-18(16)20/h1-11H,21H2. The van der Waals surface area contributed by atoms with E-state index in [1.54, 1.807) is 36.5 Å². The number of hydrogen-bond acceptors (Lipinski definition) is 3. The van der Waals surface area contributed by atoms with E-state index in [0.717, 1.165) is 11.1 Å². The predicted molar refractivity (Wildman–Crippen MR) is 96.9 cm³/mol. The Hall–Kier alpha value is -2.36. The molecule has 0 amide bonds. The first-order valence-electron chi connectivity index (χ1n) is 6.95. The number of hydrogen-bond donors (Lipinski definition) is 1. The molecule has 1 heterocycles. The third kappa shape index (κ3) is 3.52. The van der Waals surface area contributed by atoms with Gasteiger partial charge in [-0.2, -0.15) is 0 Å². The van der Waals surface area contributed by atoms with Gasteiger partial charge in [0.05, 0.1) is 5.71 Å². The second-order valence-electron chi connectivity index (χ2n) is 4.87. The molecule has 114 valence electrons. The van der Waals surface area contributed by atoms with Crippen molar-refractivity contribution in [2.45, 2.75) is 0 Å². The van der Waals surface area contributed by atoms with Gasteiger partial charge in [0.25, 0.3) is 0 Å². The van der Waals surface area contributed by atoms with Crippen molar-refractivity contribution in [2.24, 2.45) is 4.99 Å². The lowest BCUT2D eigenvalue weighted by molar-refractivity contribution is 1.30. The summed E-state index contributed by atoms with van der Waals surface area (Å²) in [5.41, 5.74) is 9.67. The average Bonchev–Trinajstić information content (AvgIpc) is 2.57. The Kier molecular flexibility index (Phi) is 4.60. The summed E-state index contributed by atoms with van der Waals surface area (Å²) < 4.78 is 0. The first-order valence-corrected chi connectivity index (χ1v) is 7.71. The quantitative estimate of drug-likeness (QED) is 0.407. The fourth-order valence-electron chi connectivity index (χ4n) is 2.19. The monoisotopic (exact) mass is 341 g/mol. The zero-order chi connectivity index (χ0) is 16.2. The molecule has 0 atom stereocenters. The molecule has 0 aliphatic carbocycles. The number of nitrogens with zero attached hydrogens (tertiary/aromatic N) is 2. The number of rotatable bonds is 3. The van der Waals surface area contributed by atoms with Gasteiger partial charge in [-0.3, -0.25) is 0 Å². The summed E-state index contributed by atoms with van der Waals surface area (Å²) in [6, 6.07) is 18.7. The molecule has 23 heavy (non-hydrogen) atoms. The van der Waals surface area contributed by atoms with Gasteiger partial charge in [-0.25, -0.2) is 9.98 Å². The highest BCUT2D eigenvalue weighted by atomic mass is 35.5. The summed E-state index contributed by atoms with van der Waals surface area (Å²) in [5.74, 6) is 0. The predicted octanol–water partition coefficient (Wildman–Crippen LogP) is 5.14. The molecule has 0 bridgehead atoms. The van der Waals surface area contributed by atoms with Gasteiger partial charge in [-0.1, -0.05) is 53.5 Å². The van der Waals surface area contributed by atoms with Crippen LogP contribution in [0.2, 0.25) is 10.2 Å². The lowest BCUT2D eigenvalue weighted by Crippen LogP contribution is -2.07. The van der Waals surface area contributed by atoms with Gasteiger partial charge >= 0.3 is 0 Å². The third-order valence-electron chi connectivity index (χ3n) is 3.29. The molecule has 0 unspecified atom stereocenters. The summed E-state index contributed by atoms with van der Waals surface area (Å²) >= 11 is 12.3. The lowest BCUT2D eigenvalue weighted by Gasteiger charge is -2.11. The summed E-state index contributed by atoms with van der Waals surface area (Å²) in [5, 5.41) is 0.927. The molecule has 2 aromatic carbocycles. The molecular formula is C18H13Cl2N3. The number of aliphatic imine (C=N–C) groups is 1. The van der Waals surface area contributed by atoms with E-state index in [1.807, 2.05) is 30.3 Å². The van der Waals surface area contributed by atoms with Gasteiger partial charge in [0, 0.05) is 28.0 Å². The Labute approximate surface area is 144 Å². The molecule has 0 saturated heterocycles. The maximum Gasteiger partial charge on any atom is 0.154 e. The van der Waals surface area contributed by atoms with Crippen LogP contribution in [-0.2, 0) is 0 Å². The second-order valence-corrected chi connectivity index (χ2v) is 5.67. The maximum atomic E-state index is 6.14. The van der Waals surface area contributed by atoms with Crippen molar-refractivity contribution in [3.8, 4) is 0 Å². The van der Waals surface area contributed by atoms with Gasteiger partial charge < -0.3 is 5.73 Å². The highest BCUT2D eigenvalue weighted by Gasteiger charge is 2.12. The summed E-state index contributed by atoms with van der Waals surface area (Å²) in [7, 11) is 0. The van der Waals surface area contributed by atoms with Crippen molar-refractivity contribution in [3.05, 3.63) is 88.2 Å². The van der Waals surface area contributed by atoms with Crippen LogP contribution in [0.15, 0.2) is 71.9 Å². The summed E-state index contributed by atoms with van der Waals surface area (Å²) in [6.07, 6.45) is 1.62.